The van der Waals surface area contributed by atoms with Crippen LogP contribution in [0.15, 0.2) is 57.2 Å². The predicted octanol–water partition coefficient (Wildman–Crippen LogP) is 0.0835. The van der Waals surface area contributed by atoms with Crippen LogP contribution in [-0.2, 0) is 13.0 Å². The average molecular weight is 411 g/mol. The number of aryl methyl sites for hydroxylation is 1. The third-order valence-corrected chi connectivity index (χ3v) is 4.48. The van der Waals surface area contributed by atoms with Crippen molar-refractivity contribution in [3.63, 3.8) is 0 Å². The standard InChI is InChI=1S/C20H21N5O5/c1-3-13-10-17(26)24(12-23-13)9-8-21-18(27)14-11-22-20(29)25(19(14)28)15-6-4-5-7-16(15)30-2/h4-7,10-12H,3,8-9H2,1-2H3,(H,21,27)(H,22,29). The average Bonchev–Trinajstić information content (AvgIpc) is 2.75. The quantitative estimate of drug-likeness (QED) is 0.567. The second-order valence-corrected chi connectivity index (χ2v) is 6.34. The zero-order chi connectivity index (χ0) is 21.7. The molecule has 1 aromatic carbocycles. The normalized spacial score (nSPS) is 10.6. The molecule has 0 fully saturated rings. The molecule has 2 N–H and O–H groups in total. The molecule has 0 aliphatic carbocycles. The summed E-state index contributed by atoms with van der Waals surface area (Å²) in [6, 6.07) is 7.92. The summed E-state index contributed by atoms with van der Waals surface area (Å²) in [6.07, 6.45) is 3.13. The van der Waals surface area contributed by atoms with Crippen molar-refractivity contribution >= 4 is 5.91 Å². The van der Waals surface area contributed by atoms with Gasteiger partial charge in [0.05, 0.1) is 19.1 Å². The van der Waals surface area contributed by atoms with Crippen molar-refractivity contribution in [3.8, 4) is 11.4 Å². The lowest BCUT2D eigenvalue weighted by molar-refractivity contribution is 0.0949. The van der Waals surface area contributed by atoms with Crippen molar-refractivity contribution < 1.29 is 9.53 Å². The first-order valence-electron chi connectivity index (χ1n) is 9.28. The van der Waals surface area contributed by atoms with E-state index in [-0.39, 0.29) is 29.9 Å². The Kier molecular flexibility index (Phi) is 6.26. The van der Waals surface area contributed by atoms with Crippen LogP contribution in [-0.4, -0.2) is 38.7 Å². The molecular formula is C20H21N5O5. The topological polar surface area (TPSA) is 128 Å². The van der Waals surface area contributed by atoms with Gasteiger partial charge >= 0.3 is 5.69 Å². The third-order valence-electron chi connectivity index (χ3n) is 4.48. The van der Waals surface area contributed by atoms with Crippen LogP contribution in [0.4, 0.5) is 0 Å². The number of hydrogen-bond donors (Lipinski definition) is 2. The second-order valence-electron chi connectivity index (χ2n) is 6.34. The van der Waals surface area contributed by atoms with Crippen LogP contribution in [0.5, 0.6) is 5.75 Å². The van der Waals surface area contributed by atoms with Gasteiger partial charge < -0.3 is 15.0 Å². The highest BCUT2D eigenvalue weighted by molar-refractivity contribution is 5.93. The zero-order valence-corrected chi connectivity index (χ0v) is 16.5. The highest BCUT2D eigenvalue weighted by Gasteiger charge is 2.17. The second kappa shape index (κ2) is 9.03. The summed E-state index contributed by atoms with van der Waals surface area (Å²) in [6.45, 7) is 2.18. The maximum atomic E-state index is 12.8. The summed E-state index contributed by atoms with van der Waals surface area (Å²) in [5, 5.41) is 2.58. The Balaban J connectivity index is 1.81. The third kappa shape index (κ3) is 4.22. The van der Waals surface area contributed by atoms with Gasteiger partial charge in [-0.25, -0.2) is 14.3 Å². The fraction of sp³-hybridized carbons (Fsp3) is 0.250. The van der Waals surface area contributed by atoms with Gasteiger partial charge in [-0.2, -0.15) is 0 Å². The molecule has 3 aromatic rings. The van der Waals surface area contributed by atoms with E-state index in [0.717, 1.165) is 10.8 Å². The molecule has 0 saturated carbocycles. The van der Waals surface area contributed by atoms with Crippen LogP contribution in [0, 0.1) is 0 Å². The summed E-state index contributed by atoms with van der Waals surface area (Å²) in [5.41, 5.74) is -1.05. The van der Waals surface area contributed by atoms with E-state index in [2.05, 4.69) is 15.3 Å². The number of hydrogen-bond acceptors (Lipinski definition) is 6. The smallest absolute Gasteiger partial charge is 0.333 e. The summed E-state index contributed by atoms with van der Waals surface area (Å²) in [4.78, 5) is 56.1. The van der Waals surface area contributed by atoms with E-state index in [4.69, 9.17) is 4.74 Å². The van der Waals surface area contributed by atoms with Crippen molar-refractivity contribution in [2.45, 2.75) is 19.9 Å². The Morgan fingerprint density at radius 3 is 2.70 bits per heavy atom. The van der Waals surface area contributed by atoms with Gasteiger partial charge in [0.2, 0.25) is 0 Å². The predicted molar refractivity (Wildman–Crippen MR) is 109 cm³/mol. The van der Waals surface area contributed by atoms with Crippen LogP contribution < -0.4 is 26.9 Å². The Hall–Kier alpha value is -3.95. The minimum absolute atomic E-state index is 0.0963. The molecule has 0 radical (unpaired) electrons. The highest BCUT2D eigenvalue weighted by atomic mass is 16.5. The van der Waals surface area contributed by atoms with Gasteiger partial charge in [0.15, 0.2) is 0 Å². The van der Waals surface area contributed by atoms with Gasteiger partial charge in [-0.05, 0) is 18.6 Å². The van der Waals surface area contributed by atoms with Crippen molar-refractivity contribution in [1.82, 2.24) is 24.4 Å². The maximum Gasteiger partial charge on any atom is 0.333 e. The first-order valence-corrected chi connectivity index (χ1v) is 9.28. The SMILES string of the molecule is CCc1cc(=O)n(CCNC(=O)c2c[nH]c(=O)n(-c3ccccc3OC)c2=O)cn1. The number of nitrogens with one attached hydrogen (secondary N) is 2. The van der Waals surface area contributed by atoms with Crippen molar-refractivity contribution in [3.05, 3.63) is 85.3 Å². The monoisotopic (exact) mass is 411 g/mol. The van der Waals surface area contributed by atoms with E-state index in [1.165, 1.54) is 30.1 Å². The fourth-order valence-corrected chi connectivity index (χ4v) is 2.88. The van der Waals surface area contributed by atoms with Gasteiger partial charge in [0, 0.05) is 31.0 Å². The van der Waals surface area contributed by atoms with E-state index >= 15 is 0 Å². The number of aromatic amines is 1. The van der Waals surface area contributed by atoms with Crippen molar-refractivity contribution in [2.24, 2.45) is 0 Å². The number of para-hydroxylation sites is 2. The summed E-state index contributed by atoms with van der Waals surface area (Å²) in [7, 11) is 1.42. The maximum absolute atomic E-state index is 12.8. The Morgan fingerprint density at radius 2 is 2.00 bits per heavy atom. The number of benzene rings is 1. The number of rotatable bonds is 7. The lowest BCUT2D eigenvalue weighted by Crippen LogP contribution is -2.40. The Morgan fingerprint density at radius 1 is 1.23 bits per heavy atom. The van der Waals surface area contributed by atoms with Gasteiger partial charge in [-0.3, -0.25) is 19.0 Å². The molecule has 0 spiro atoms. The van der Waals surface area contributed by atoms with E-state index in [1.54, 1.807) is 18.2 Å². The zero-order valence-electron chi connectivity index (χ0n) is 16.5. The Bertz CT molecular complexity index is 1240. The molecule has 0 aliphatic heterocycles. The summed E-state index contributed by atoms with van der Waals surface area (Å²) < 4.78 is 7.40. The molecule has 0 unspecified atom stereocenters. The molecule has 10 nitrogen and oxygen atoms in total. The van der Waals surface area contributed by atoms with Crippen LogP contribution in [0.25, 0.3) is 5.69 Å². The molecule has 30 heavy (non-hydrogen) atoms. The van der Waals surface area contributed by atoms with Crippen LogP contribution in [0.2, 0.25) is 0 Å². The first-order chi connectivity index (χ1) is 14.5. The van der Waals surface area contributed by atoms with Crippen molar-refractivity contribution in [1.29, 1.82) is 0 Å². The molecule has 0 atom stereocenters. The number of H-pyrrole nitrogens is 1. The molecule has 2 aromatic heterocycles. The number of carbonyl (C=O) groups is 1. The first kappa shape index (κ1) is 20.8. The van der Waals surface area contributed by atoms with Gasteiger partial charge in [-0.1, -0.05) is 19.1 Å². The lowest BCUT2D eigenvalue weighted by Gasteiger charge is -2.11. The summed E-state index contributed by atoms with van der Waals surface area (Å²) >= 11 is 0. The number of ether oxygens (including phenoxy) is 1. The fourth-order valence-electron chi connectivity index (χ4n) is 2.88. The largest absolute Gasteiger partial charge is 0.495 e. The highest BCUT2D eigenvalue weighted by Crippen LogP contribution is 2.19. The minimum atomic E-state index is -0.785. The van der Waals surface area contributed by atoms with E-state index in [9.17, 15) is 19.2 Å². The van der Waals surface area contributed by atoms with Crippen LogP contribution in [0.3, 0.4) is 0 Å². The number of carbonyl (C=O) groups excluding carboxylic acids is 1. The number of aromatic nitrogens is 4. The van der Waals surface area contributed by atoms with Crippen LogP contribution in [0.1, 0.15) is 23.0 Å². The van der Waals surface area contributed by atoms with E-state index in [0.29, 0.717) is 17.9 Å². The molecule has 0 bridgehead atoms. The van der Waals surface area contributed by atoms with Gasteiger partial charge in [0.1, 0.15) is 11.3 Å². The molecule has 156 valence electrons. The minimum Gasteiger partial charge on any atom is -0.495 e. The molecule has 10 heteroatoms. The van der Waals surface area contributed by atoms with Crippen molar-refractivity contribution in [2.75, 3.05) is 13.7 Å². The molecule has 3 rings (SSSR count). The molecule has 2 heterocycles. The summed E-state index contributed by atoms with van der Waals surface area (Å²) in [5.74, 6) is -0.365. The lowest BCUT2D eigenvalue weighted by atomic mass is 10.2. The number of methoxy groups -OCH3 is 1. The molecule has 0 aliphatic rings. The van der Waals surface area contributed by atoms with Gasteiger partial charge in [0.25, 0.3) is 17.0 Å². The van der Waals surface area contributed by atoms with E-state index < -0.39 is 17.2 Å². The van der Waals surface area contributed by atoms with Gasteiger partial charge in [-0.15, -0.1) is 0 Å². The number of amides is 1. The number of nitrogens with zero attached hydrogens (tertiary/aromatic N) is 3. The molecule has 0 saturated heterocycles. The Labute approximate surface area is 170 Å². The van der Waals surface area contributed by atoms with Crippen LogP contribution >= 0.6 is 0 Å². The van der Waals surface area contributed by atoms with E-state index in [1.807, 2.05) is 6.92 Å². The molecular weight excluding hydrogens is 390 g/mol. The molecule has 1 amide bonds.